The average Bonchev–Trinajstić information content (AvgIpc) is 3.00. The second-order valence-corrected chi connectivity index (χ2v) is 4.73. The molecule has 0 atom stereocenters. The molecule has 20 heavy (non-hydrogen) atoms. The molecule has 0 aliphatic heterocycles. The van der Waals surface area contributed by atoms with E-state index in [2.05, 4.69) is 35.6 Å². The van der Waals surface area contributed by atoms with Crippen LogP contribution in [0, 0.1) is 0 Å². The monoisotopic (exact) mass is 267 g/mol. The molecule has 1 heterocycles. The van der Waals surface area contributed by atoms with E-state index in [9.17, 15) is 0 Å². The number of furan rings is 1. The molecule has 2 aromatic carbocycles. The van der Waals surface area contributed by atoms with Gasteiger partial charge in [-0.25, -0.2) is 0 Å². The molecule has 0 bridgehead atoms. The Morgan fingerprint density at radius 3 is 2.65 bits per heavy atom. The predicted octanol–water partition coefficient (Wildman–Crippen LogP) is 3.73. The molecule has 0 amide bonds. The highest BCUT2D eigenvalue weighted by Crippen LogP contribution is 2.21. The maximum Gasteiger partial charge on any atom is 0.119 e. The van der Waals surface area contributed by atoms with Gasteiger partial charge in [-0.1, -0.05) is 18.2 Å². The number of nitrogens with one attached hydrogen (secondary N) is 1. The van der Waals surface area contributed by atoms with Crippen molar-refractivity contribution in [2.24, 2.45) is 0 Å². The van der Waals surface area contributed by atoms with Crippen LogP contribution in [-0.2, 0) is 13.1 Å². The summed E-state index contributed by atoms with van der Waals surface area (Å²) in [6.07, 6.45) is 1.69. The van der Waals surface area contributed by atoms with Gasteiger partial charge in [0.15, 0.2) is 0 Å². The van der Waals surface area contributed by atoms with Gasteiger partial charge in [0.1, 0.15) is 11.5 Å². The number of fused-ring (bicyclic) bond motifs is 1. The molecule has 1 N–H and O–H groups in total. The summed E-state index contributed by atoms with van der Waals surface area (Å²) in [6.45, 7) is 1.57. The first-order chi connectivity index (χ1) is 9.85. The summed E-state index contributed by atoms with van der Waals surface area (Å²) in [5.74, 6) is 1.84. The maximum absolute atomic E-state index is 5.29. The Bertz CT molecular complexity index is 689. The van der Waals surface area contributed by atoms with Gasteiger partial charge >= 0.3 is 0 Å². The summed E-state index contributed by atoms with van der Waals surface area (Å²) in [5.41, 5.74) is 1.26. The molecular weight excluding hydrogens is 250 g/mol. The van der Waals surface area contributed by atoms with E-state index in [1.165, 1.54) is 16.3 Å². The van der Waals surface area contributed by atoms with E-state index in [0.29, 0.717) is 0 Å². The van der Waals surface area contributed by atoms with Gasteiger partial charge in [0.25, 0.3) is 0 Å². The fraction of sp³-hybridized carbons (Fsp3) is 0.176. The maximum atomic E-state index is 5.29. The third kappa shape index (κ3) is 2.83. The van der Waals surface area contributed by atoms with Gasteiger partial charge in [0.05, 0.1) is 19.9 Å². The molecule has 0 aliphatic rings. The topological polar surface area (TPSA) is 34.4 Å². The molecule has 3 heteroatoms. The van der Waals surface area contributed by atoms with Crippen molar-refractivity contribution < 1.29 is 9.15 Å². The van der Waals surface area contributed by atoms with Crippen LogP contribution in [0.25, 0.3) is 10.8 Å². The van der Waals surface area contributed by atoms with Crippen molar-refractivity contribution in [1.82, 2.24) is 5.32 Å². The Hall–Kier alpha value is -2.26. The first-order valence-electron chi connectivity index (χ1n) is 6.65. The van der Waals surface area contributed by atoms with Crippen LogP contribution in [-0.4, -0.2) is 7.11 Å². The summed E-state index contributed by atoms with van der Waals surface area (Å²) < 4.78 is 10.5. The molecule has 0 spiro atoms. The van der Waals surface area contributed by atoms with E-state index in [1.54, 1.807) is 13.4 Å². The van der Waals surface area contributed by atoms with Crippen LogP contribution in [0.1, 0.15) is 11.3 Å². The van der Waals surface area contributed by atoms with Crippen LogP contribution < -0.4 is 10.1 Å². The van der Waals surface area contributed by atoms with Crippen LogP contribution in [0.3, 0.4) is 0 Å². The number of ether oxygens (including phenoxy) is 1. The van der Waals surface area contributed by atoms with E-state index >= 15 is 0 Å². The lowest BCUT2D eigenvalue weighted by Crippen LogP contribution is -2.11. The van der Waals surface area contributed by atoms with E-state index in [4.69, 9.17) is 9.15 Å². The number of benzene rings is 2. The fourth-order valence-electron chi connectivity index (χ4n) is 2.25. The number of methoxy groups -OCH3 is 1. The Kier molecular flexibility index (Phi) is 3.70. The zero-order chi connectivity index (χ0) is 13.8. The van der Waals surface area contributed by atoms with Crippen molar-refractivity contribution >= 4 is 10.8 Å². The molecule has 0 saturated carbocycles. The third-order valence-electron chi connectivity index (χ3n) is 3.32. The minimum absolute atomic E-state index is 0.744. The highest BCUT2D eigenvalue weighted by Gasteiger charge is 2.00. The Morgan fingerprint density at radius 2 is 1.85 bits per heavy atom. The van der Waals surface area contributed by atoms with E-state index in [0.717, 1.165) is 24.6 Å². The zero-order valence-electron chi connectivity index (χ0n) is 11.4. The molecule has 0 radical (unpaired) electrons. The van der Waals surface area contributed by atoms with Crippen molar-refractivity contribution in [2.75, 3.05) is 7.11 Å². The van der Waals surface area contributed by atoms with Gasteiger partial charge in [-0.2, -0.15) is 0 Å². The molecule has 0 unspecified atom stereocenters. The third-order valence-corrected chi connectivity index (χ3v) is 3.32. The molecule has 0 saturated heterocycles. The van der Waals surface area contributed by atoms with Crippen LogP contribution >= 0.6 is 0 Å². The first-order valence-corrected chi connectivity index (χ1v) is 6.65. The lowest BCUT2D eigenvalue weighted by Gasteiger charge is -2.06. The number of hydrogen-bond donors (Lipinski definition) is 1. The van der Waals surface area contributed by atoms with Crippen molar-refractivity contribution in [2.45, 2.75) is 13.1 Å². The quantitative estimate of drug-likeness (QED) is 0.765. The van der Waals surface area contributed by atoms with Gasteiger partial charge in [-0.3, -0.25) is 0 Å². The fourth-order valence-corrected chi connectivity index (χ4v) is 2.25. The standard InChI is InChI=1S/C17H17NO2/c1-19-16-7-6-14-9-13(4-5-15(14)10-16)11-18-12-17-3-2-8-20-17/h2-10,18H,11-12H2,1H3. The summed E-state index contributed by atoms with van der Waals surface area (Å²) in [4.78, 5) is 0. The van der Waals surface area contributed by atoms with Gasteiger partial charge in [0.2, 0.25) is 0 Å². The van der Waals surface area contributed by atoms with Crippen molar-refractivity contribution in [3.05, 3.63) is 66.1 Å². The predicted molar refractivity (Wildman–Crippen MR) is 79.8 cm³/mol. The SMILES string of the molecule is COc1ccc2cc(CNCc3ccco3)ccc2c1. The van der Waals surface area contributed by atoms with E-state index in [-0.39, 0.29) is 0 Å². The van der Waals surface area contributed by atoms with Crippen molar-refractivity contribution in [1.29, 1.82) is 0 Å². The molecule has 3 aromatic rings. The molecule has 3 nitrogen and oxygen atoms in total. The molecule has 0 fully saturated rings. The largest absolute Gasteiger partial charge is 0.497 e. The molecule has 102 valence electrons. The second kappa shape index (κ2) is 5.80. The normalized spacial score (nSPS) is 10.8. The summed E-state index contributed by atoms with van der Waals surface area (Å²) in [7, 11) is 1.69. The van der Waals surface area contributed by atoms with Gasteiger partial charge in [-0.15, -0.1) is 0 Å². The lowest BCUT2D eigenvalue weighted by molar-refractivity contribution is 0.415. The lowest BCUT2D eigenvalue weighted by atomic mass is 10.1. The van der Waals surface area contributed by atoms with E-state index < -0.39 is 0 Å². The second-order valence-electron chi connectivity index (χ2n) is 4.73. The highest BCUT2D eigenvalue weighted by molar-refractivity contribution is 5.84. The van der Waals surface area contributed by atoms with Crippen molar-refractivity contribution in [3.8, 4) is 5.75 Å². The summed E-state index contributed by atoms with van der Waals surface area (Å²) >= 11 is 0. The Balaban J connectivity index is 1.69. The highest BCUT2D eigenvalue weighted by atomic mass is 16.5. The zero-order valence-corrected chi connectivity index (χ0v) is 11.4. The smallest absolute Gasteiger partial charge is 0.119 e. The molecular formula is C17H17NO2. The summed E-state index contributed by atoms with van der Waals surface area (Å²) in [6, 6.07) is 16.5. The molecule has 1 aromatic heterocycles. The molecule has 0 aliphatic carbocycles. The van der Waals surface area contributed by atoms with E-state index in [1.807, 2.05) is 18.2 Å². The van der Waals surface area contributed by atoms with Crippen LogP contribution in [0.4, 0.5) is 0 Å². The molecule has 3 rings (SSSR count). The average molecular weight is 267 g/mol. The number of hydrogen-bond acceptors (Lipinski definition) is 3. The van der Waals surface area contributed by atoms with Gasteiger partial charge in [-0.05, 0) is 46.7 Å². The van der Waals surface area contributed by atoms with Gasteiger partial charge in [0, 0.05) is 6.54 Å². The van der Waals surface area contributed by atoms with Crippen molar-refractivity contribution in [3.63, 3.8) is 0 Å². The Morgan fingerprint density at radius 1 is 1.00 bits per heavy atom. The van der Waals surface area contributed by atoms with Gasteiger partial charge < -0.3 is 14.5 Å². The van der Waals surface area contributed by atoms with Crippen LogP contribution in [0.2, 0.25) is 0 Å². The minimum Gasteiger partial charge on any atom is -0.497 e. The minimum atomic E-state index is 0.744. The number of rotatable bonds is 5. The van der Waals surface area contributed by atoms with Crippen LogP contribution in [0.15, 0.2) is 59.2 Å². The summed E-state index contributed by atoms with van der Waals surface area (Å²) in [5, 5.41) is 5.79. The van der Waals surface area contributed by atoms with Crippen LogP contribution in [0.5, 0.6) is 5.75 Å². The Labute approximate surface area is 118 Å². The first kappa shape index (κ1) is 12.8.